The molecule has 1 unspecified atom stereocenters. The highest BCUT2D eigenvalue weighted by atomic mass is 32.2. The summed E-state index contributed by atoms with van der Waals surface area (Å²) in [4.78, 5) is 2.25. The van der Waals surface area contributed by atoms with E-state index in [1.807, 2.05) is 6.92 Å². The molecule has 2 N–H and O–H groups in total. The van der Waals surface area contributed by atoms with E-state index in [2.05, 4.69) is 9.62 Å². The molecule has 0 radical (unpaired) electrons. The van der Waals surface area contributed by atoms with E-state index in [-0.39, 0.29) is 29.1 Å². The zero-order valence-corrected chi connectivity index (χ0v) is 13.1. The van der Waals surface area contributed by atoms with Gasteiger partial charge in [-0.25, -0.2) is 13.1 Å². The lowest BCUT2D eigenvalue weighted by molar-refractivity contribution is 0.0354. The van der Waals surface area contributed by atoms with Crippen LogP contribution in [-0.2, 0) is 21.4 Å². The Hall–Kier alpha value is -0.930. The van der Waals surface area contributed by atoms with E-state index in [9.17, 15) is 8.42 Å². The fourth-order valence-corrected chi connectivity index (χ4v) is 3.84. The van der Waals surface area contributed by atoms with Gasteiger partial charge in [-0.3, -0.25) is 4.90 Å². The van der Waals surface area contributed by atoms with Crippen LogP contribution in [0.3, 0.4) is 0 Å². The Balaban J connectivity index is 2.00. The monoisotopic (exact) mass is 318 g/mol. The SMILES string of the molecule is Cc1oc(CO)cc1S(=O)(=O)NC(C)CN1CCOCC1. The van der Waals surface area contributed by atoms with Crippen molar-refractivity contribution in [3.05, 3.63) is 17.6 Å². The first-order chi connectivity index (χ1) is 9.92. The van der Waals surface area contributed by atoms with Crippen molar-refractivity contribution < 1.29 is 22.7 Å². The highest BCUT2D eigenvalue weighted by molar-refractivity contribution is 7.89. The largest absolute Gasteiger partial charge is 0.462 e. The van der Waals surface area contributed by atoms with Crippen molar-refractivity contribution in [2.75, 3.05) is 32.8 Å². The van der Waals surface area contributed by atoms with Crippen LogP contribution in [0.15, 0.2) is 15.4 Å². The second-order valence-corrected chi connectivity index (χ2v) is 6.91. The van der Waals surface area contributed by atoms with E-state index < -0.39 is 10.0 Å². The predicted molar refractivity (Wildman–Crippen MR) is 76.4 cm³/mol. The minimum Gasteiger partial charge on any atom is -0.462 e. The van der Waals surface area contributed by atoms with Gasteiger partial charge in [-0.2, -0.15) is 0 Å². The number of hydrogen-bond acceptors (Lipinski definition) is 6. The highest BCUT2D eigenvalue weighted by Crippen LogP contribution is 2.20. The molecule has 1 aromatic heterocycles. The lowest BCUT2D eigenvalue weighted by Gasteiger charge is -2.29. The van der Waals surface area contributed by atoms with Gasteiger partial charge < -0.3 is 14.3 Å². The molecule has 1 fully saturated rings. The summed E-state index contributed by atoms with van der Waals surface area (Å²) in [6, 6.07) is 1.14. The molecule has 21 heavy (non-hydrogen) atoms. The number of aliphatic hydroxyl groups excluding tert-OH is 1. The number of nitrogens with one attached hydrogen (secondary N) is 1. The van der Waals surface area contributed by atoms with Crippen molar-refractivity contribution in [1.29, 1.82) is 0 Å². The summed E-state index contributed by atoms with van der Waals surface area (Å²) in [6.07, 6.45) is 0. The molecule has 0 saturated carbocycles. The van der Waals surface area contributed by atoms with Crippen LogP contribution < -0.4 is 4.72 Å². The summed E-state index contributed by atoms with van der Waals surface area (Å²) in [5, 5.41) is 9.01. The van der Waals surface area contributed by atoms with E-state index in [0.29, 0.717) is 19.8 Å². The van der Waals surface area contributed by atoms with E-state index in [1.165, 1.54) is 6.07 Å². The van der Waals surface area contributed by atoms with Crippen molar-refractivity contribution in [3.63, 3.8) is 0 Å². The number of furan rings is 1. The molecule has 0 aromatic carbocycles. The number of hydrogen-bond donors (Lipinski definition) is 2. The van der Waals surface area contributed by atoms with Gasteiger partial charge in [0.25, 0.3) is 0 Å². The maximum absolute atomic E-state index is 12.3. The number of sulfonamides is 1. The van der Waals surface area contributed by atoms with Crippen LogP contribution in [0.4, 0.5) is 0 Å². The molecule has 0 amide bonds. The van der Waals surface area contributed by atoms with Crippen LogP contribution in [-0.4, -0.2) is 57.3 Å². The van der Waals surface area contributed by atoms with Gasteiger partial charge >= 0.3 is 0 Å². The summed E-state index contributed by atoms with van der Waals surface area (Å²) in [7, 11) is -3.64. The van der Waals surface area contributed by atoms with Gasteiger partial charge in [0.15, 0.2) is 0 Å². The van der Waals surface area contributed by atoms with Crippen LogP contribution in [0.5, 0.6) is 0 Å². The van der Waals surface area contributed by atoms with Crippen LogP contribution in [0.2, 0.25) is 0 Å². The summed E-state index contributed by atoms with van der Waals surface area (Å²) in [6.45, 7) is 6.69. The predicted octanol–water partition coefficient (Wildman–Crippen LogP) is 0.0793. The molecule has 7 nitrogen and oxygen atoms in total. The molecular formula is C13H22N2O5S. The van der Waals surface area contributed by atoms with E-state index in [0.717, 1.165) is 13.1 Å². The second kappa shape index (κ2) is 6.89. The third-order valence-corrected chi connectivity index (χ3v) is 5.06. The normalized spacial score (nSPS) is 18.8. The number of morpholine rings is 1. The Morgan fingerprint density at radius 1 is 1.43 bits per heavy atom. The molecule has 1 aliphatic heterocycles. The summed E-state index contributed by atoms with van der Waals surface area (Å²) < 4.78 is 37.8. The Morgan fingerprint density at radius 2 is 2.10 bits per heavy atom. The number of aliphatic hydroxyl groups is 1. The maximum atomic E-state index is 12.3. The van der Waals surface area contributed by atoms with Crippen molar-refractivity contribution in [1.82, 2.24) is 9.62 Å². The van der Waals surface area contributed by atoms with Crippen LogP contribution >= 0.6 is 0 Å². The second-order valence-electron chi connectivity index (χ2n) is 5.23. The van der Waals surface area contributed by atoms with Crippen molar-refractivity contribution in [2.45, 2.75) is 31.4 Å². The fraction of sp³-hybridized carbons (Fsp3) is 0.692. The average molecular weight is 318 g/mol. The fourth-order valence-electron chi connectivity index (χ4n) is 2.41. The third kappa shape index (κ3) is 4.27. The molecule has 2 rings (SSSR count). The summed E-state index contributed by atoms with van der Waals surface area (Å²) >= 11 is 0. The molecular weight excluding hydrogens is 296 g/mol. The number of aryl methyl sites for hydroxylation is 1. The lowest BCUT2D eigenvalue weighted by Crippen LogP contribution is -2.45. The van der Waals surface area contributed by atoms with E-state index in [4.69, 9.17) is 14.3 Å². The van der Waals surface area contributed by atoms with Crippen molar-refractivity contribution >= 4 is 10.0 Å². The topological polar surface area (TPSA) is 92.0 Å². The average Bonchev–Trinajstić information content (AvgIpc) is 2.81. The number of nitrogens with zero attached hydrogens (tertiary/aromatic N) is 1. The van der Waals surface area contributed by atoms with E-state index in [1.54, 1.807) is 6.92 Å². The molecule has 1 saturated heterocycles. The van der Waals surface area contributed by atoms with E-state index >= 15 is 0 Å². The molecule has 0 aliphatic carbocycles. The Morgan fingerprint density at radius 3 is 2.67 bits per heavy atom. The lowest BCUT2D eigenvalue weighted by atomic mass is 10.3. The van der Waals surface area contributed by atoms with Crippen LogP contribution in [0.25, 0.3) is 0 Å². The van der Waals surface area contributed by atoms with Crippen LogP contribution in [0.1, 0.15) is 18.4 Å². The zero-order chi connectivity index (χ0) is 15.5. The van der Waals surface area contributed by atoms with Gasteiger partial charge in [-0.1, -0.05) is 0 Å². The molecule has 8 heteroatoms. The number of ether oxygens (including phenoxy) is 1. The first kappa shape index (κ1) is 16.4. The van der Waals surface area contributed by atoms with Crippen molar-refractivity contribution in [3.8, 4) is 0 Å². The zero-order valence-electron chi connectivity index (χ0n) is 12.3. The molecule has 1 aromatic rings. The molecule has 120 valence electrons. The van der Waals surface area contributed by atoms with Gasteiger partial charge in [0.1, 0.15) is 23.0 Å². The maximum Gasteiger partial charge on any atom is 0.244 e. The quantitative estimate of drug-likeness (QED) is 0.772. The highest BCUT2D eigenvalue weighted by Gasteiger charge is 2.24. The van der Waals surface area contributed by atoms with Gasteiger partial charge in [0.05, 0.1) is 13.2 Å². The first-order valence-electron chi connectivity index (χ1n) is 6.95. The van der Waals surface area contributed by atoms with Crippen LogP contribution in [0, 0.1) is 6.92 Å². The molecule has 1 atom stereocenters. The Bertz CT molecular complexity index is 563. The third-order valence-electron chi connectivity index (χ3n) is 3.36. The minimum absolute atomic E-state index is 0.0837. The molecule has 0 spiro atoms. The molecule has 1 aliphatic rings. The molecule has 2 heterocycles. The Kier molecular flexibility index (Phi) is 5.39. The van der Waals surface area contributed by atoms with Gasteiger partial charge in [0.2, 0.25) is 10.0 Å². The first-order valence-corrected chi connectivity index (χ1v) is 8.43. The summed E-state index contributed by atoms with van der Waals surface area (Å²) in [5.41, 5.74) is 0. The van der Waals surface area contributed by atoms with Gasteiger partial charge in [0, 0.05) is 31.7 Å². The van der Waals surface area contributed by atoms with Crippen molar-refractivity contribution in [2.24, 2.45) is 0 Å². The Labute approximate surface area is 124 Å². The standard InChI is InChI=1S/C13H22N2O5S/c1-10(8-15-3-5-19-6-4-15)14-21(17,18)13-7-12(9-16)20-11(13)2/h7,10,14,16H,3-6,8-9H2,1-2H3. The molecule has 0 bridgehead atoms. The minimum atomic E-state index is -3.64. The number of rotatable bonds is 6. The van der Waals surface area contributed by atoms with Gasteiger partial charge in [-0.05, 0) is 13.8 Å². The summed E-state index contributed by atoms with van der Waals surface area (Å²) in [5.74, 6) is 0.527. The smallest absolute Gasteiger partial charge is 0.244 e. The van der Waals surface area contributed by atoms with Gasteiger partial charge in [-0.15, -0.1) is 0 Å².